The minimum absolute atomic E-state index is 0.661. The van der Waals surface area contributed by atoms with Crippen LogP contribution in [-0.2, 0) is 0 Å². The maximum atomic E-state index is 2.55. The molecule has 0 atom stereocenters. The molecule has 0 aliphatic rings. The van der Waals surface area contributed by atoms with Gasteiger partial charge in [0.2, 0.25) is 0 Å². The van der Waals surface area contributed by atoms with Crippen molar-refractivity contribution >= 4 is 186 Å². The molecule has 16 rings (SSSR count). The zero-order valence-corrected chi connectivity index (χ0v) is 78.6. The average Bonchev–Trinajstić information content (AvgIpc) is 0.719. The van der Waals surface area contributed by atoms with Crippen LogP contribution in [0.15, 0.2) is 267 Å². The SMILES string of the molecule is CC[Si](CC)(CC)c1cc(C)c(N(c2ccccc2)c2ccc3ccc4c(N(c5ccccc5)c5c(C)cc([Si](CC)(CC)CC)cc5C)ccc5ccc2c3c54)c(C)c1.Cc1cc([Si](C)(C)C(C)C)cc(C)c1N(c1ccccc1)c1ccc2ccc3c(N(c4ccccc4)c4c(C)cc([Si](C)(C)C(C)C)cc4C)ccc4ccc1c2c43. The number of hydrogen-bond acceptors (Lipinski definition) is 4. The molecule has 0 fully saturated rings. The van der Waals surface area contributed by atoms with E-state index >= 15 is 0 Å². The first-order chi connectivity index (χ1) is 56.7. The van der Waals surface area contributed by atoms with E-state index in [4.69, 9.17) is 0 Å². The fourth-order valence-electron chi connectivity index (χ4n) is 20.2. The molecule has 0 aliphatic carbocycles. The van der Waals surface area contributed by atoms with Gasteiger partial charge >= 0.3 is 0 Å². The van der Waals surface area contributed by atoms with Gasteiger partial charge in [0.1, 0.15) is 0 Å². The van der Waals surface area contributed by atoms with E-state index in [1.54, 1.807) is 10.4 Å². The Morgan fingerprint density at radius 1 is 0.229 bits per heavy atom. The van der Waals surface area contributed by atoms with Crippen molar-refractivity contribution in [3.63, 3.8) is 0 Å². The summed E-state index contributed by atoms with van der Waals surface area (Å²) in [4.78, 5) is 10.1. The first-order valence-corrected chi connectivity index (χ1v) is 55.4. The Hall–Kier alpha value is -10.3. The molecule has 0 aliphatic heterocycles. The summed E-state index contributed by atoms with van der Waals surface area (Å²) < 4.78 is 0. The summed E-state index contributed by atoms with van der Waals surface area (Å²) in [6.45, 7) is 52.8. The van der Waals surface area contributed by atoms with Crippen LogP contribution < -0.4 is 40.3 Å². The number of aryl methyl sites for hydroxylation is 8. The highest BCUT2D eigenvalue weighted by molar-refractivity contribution is 6.93. The van der Waals surface area contributed by atoms with Gasteiger partial charge in [-0.1, -0.05) is 347 Å². The Morgan fingerprint density at radius 3 is 0.585 bits per heavy atom. The lowest BCUT2D eigenvalue weighted by molar-refractivity contribution is 1.02. The van der Waals surface area contributed by atoms with E-state index in [9.17, 15) is 0 Å². The summed E-state index contributed by atoms with van der Waals surface area (Å²) in [6, 6.07) is 110. The van der Waals surface area contributed by atoms with Gasteiger partial charge in [-0.2, -0.15) is 0 Å². The zero-order valence-electron chi connectivity index (χ0n) is 74.6. The molecule has 0 bridgehead atoms. The highest BCUT2D eigenvalue weighted by atomic mass is 28.3. The van der Waals surface area contributed by atoms with Gasteiger partial charge in [0.05, 0.1) is 77.8 Å². The summed E-state index contributed by atoms with van der Waals surface area (Å²) in [5.41, 5.74) is 26.7. The normalized spacial score (nSPS) is 12.3. The topological polar surface area (TPSA) is 13.0 Å². The lowest BCUT2D eigenvalue weighted by Gasteiger charge is -2.34. The van der Waals surface area contributed by atoms with Crippen molar-refractivity contribution < 1.29 is 0 Å². The van der Waals surface area contributed by atoms with Gasteiger partial charge < -0.3 is 19.6 Å². The van der Waals surface area contributed by atoms with Crippen LogP contribution in [0.4, 0.5) is 68.2 Å². The smallest absolute Gasteiger partial charge is 0.0859 e. The molecule has 0 N–H and O–H groups in total. The molecule has 600 valence electrons. The Bertz CT molecular complexity index is 5840. The van der Waals surface area contributed by atoms with E-state index < -0.39 is 32.3 Å². The lowest BCUT2D eigenvalue weighted by atomic mass is 9.91. The van der Waals surface area contributed by atoms with Gasteiger partial charge in [0.25, 0.3) is 0 Å². The fraction of sp³-hybridized carbons (Fsp3) is 0.273. The van der Waals surface area contributed by atoms with Crippen LogP contribution in [0.1, 0.15) is 114 Å². The van der Waals surface area contributed by atoms with Crippen LogP contribution in [0, 0.1) is 55.4 Å². The van der Waals surface area contributed by atoms with Crippen LogP contribution in [-0.4, -0.2) is 32.3 Å². The number of para-hydroxylation sites is 4. The Morgan fingerprint density at radius 2 is 0.407 bits per heavy atom. The van der Waals surface area contributed by atoms with E-state index in [0.717, 1.165) is 0 Å². The molecule has 0 heterocycles. The molecule has 118 heavy (non-hydrogen) atoms. The highest BCUT2D eigenvalue weighted by Crippen LogP contribution is 2.53. The standard InChI is InChI=1S/C56H64N2Si2.C54H60N2Si2/c1-11-59(12-2,13-3)47-35-39(7)55(40(8)36-47)57(45-23-19-17-20-24-45)51-33-29-43-28-32-50-52(34-30-44-27-31-49(51)53(43)54(44)50)58(46-25-21-18-22-26-46)56-41(9)37-48(38-42(56)10)60(14-4,15-5)16-6;1-35(2)57(9,10)45-31-37(5)53(38(6)32-45)55(43-19-15-13-16-20-43)49-29-25-41-24-28-48-50(30-26-42-23-27-47(49)51(41)52(42)48)56(44-21-17-14-18-22-44)54-39(7)33-46(34-40(54)8)58(11,12)36(3)4/h17-38H,11-16H2,1-10H3;13-36H,1-12H3. The summed E-state index contributed by atoms with van der Waals surface area (Å²) in [5.74, 6) is 0. The minimum Gasteiger partial charge on any atom is -0.309 e. The maximum Gasteiger partial charge on any atom is 0.0859 e. The highest BCUT2D eigenvalue weighted by Gasteiger charge is 2.36. The third-order valence-electron chi connectivity index (χ3n) is 28.8. The predicted octanol–water partition coefficient (Wildman–Crippen LogP) is 31.6. The van der Waals surface area contributed by atoms with E-state index in [-0.39, 0.29) is 0 Å². The Labute approximate surface area is 710 Å². The molecule has 0 spiro atoms. The van der Waals surface area contributed by atoms with E-state index in [1.165, 1.54) is 224 Å². The lowest BCUT2D eigenvalue weighted by Crippen LogP contribution is -2.46. The molecule has 0 saturated carbocycles. The maximum absolute atomic E-state index is 2.55. The van der Waals surface area contributed by atoms with Crippen LogP contribution in [0.25, 0.3) is 64.6 Å². The molecule has 0 aromatic heterocycles. The Kier molecular flexibility index (Phi) is 23.2. The summed E-state index contributed by atoms with van der Waals surface area (Å²) in [5, 5.41) is 21.7. The molecule has 4 nitrogen and oxygen atoms in total. The summed E-state index contributed by atoms with van der Waals surface area (Å²) in [6.07, 6.45) is 0. The van der Waals surface area contributed by atoms with Crippen molar-refractivity contribution in [3.8, 4) is 0 Å². The number of anilines is 12. The predicted molar refractivity (Wildman–Crippen MR) is 535 cm³/mol. The van der Waals surface area contributed by atoms with Crippen molar-refractivity contribution in [3.05, 3.63) is 311 Å². The molecule has 0 unspecified atom stereocenters. The summed E-state index contributed by atoms with van der Waals surface area (Å²) >= 11 is 0. The van der Waals surface area contributed by atoms with Crippen LogP contribution >= 0.6 is 0 Å². The van der Waals surface area contributed by atoms with E-state index in [0.29, 0.717) is 11.1 Å². The molecule has 0 amide bonds. The first-order valence-electron chi connectivity index (χ1n) is 44.0. The van der Waals surface area contributed by atoms with Crippen molar-refractivity contribution in [2.24, 2.45) is 0 Å². The second-order valence-corrected chi connectivity index (χ2v) is 57.0. The zero-order chi connectivity index (χ0) is 83.6. The van der Waals surface area contributed by atoms with E-state index in [1.807, 2.05) is 0 Å². The van der Waals surface area contributed by atoms with Crippen molar-refractivity contribution in [1.82, 2.24) is 0 Å². The number of nitrogens with zero attached hydrogens (tertiary/aromatic N) is 4. The number of rotatable bonds is 24. The monoisotopic (exact) mass is 1610 g/mol. The number of benzene rings is 16. The molecule has 16 aromatic rings. The van der Waals surface area contributed by atoms with Gasteiger partial charge in [-0.05, 0) is 227 Å². The largest absolute Gasteiger partial charge is 0.309 e. The average molecular weight is 1610 g/mol. The molecule has 0 radical (unpaired) electrons. The van der Waals surface area contributed by atoms with Gasteiger partial charge in [0, 0.05) is 44.3 Å². The Balaban J connectivity index is 0.000000185. The third-order valence-corrected chi connectivity index (χ3v) is 49.3. The fourth-order valence-corrected chi connectivity index (χ4v) is 31.4. The van der Waals surface area contributed by atoms with Gasteiger partial charge in [0.15, 0.2) is 0 Å². The van der Waals surface area contributed by atoms with Crippen molar-refractivity contribution in [2.45, 2.75) is 198 Å². The quantitative estimate of drug-likeness (QED) is 0.0441. The van der Waals surface area contributed by atoms with Gasteiger partial charge in [-0.3, -0.25) is 0 Å². The summed E-state index contributed by atoms with van der Waals surface area (Å²) in [7, 11) is -6.40. The van der Waals surface area contributed by atoms with E-state index in [2.05, 4.69) is 437 Å². The van der Waals surface area contributed by atoms with Crippen molar-refractivity contribution in [1.29, 1.82) is 0 Å². The van der Waals surface area contributed by atoms with Gasteiger partial charge in [-0.15, -0.1) is 0 Å². The third kappa shape index (κ3) is 14.4. The molecular formula is C110H124N4Si4. The van der Waals surface area contributed by atoms with Crippen LogP contribution in [0.2, 0.25) is 73.5 Å². The van der Waals surface area contributed by atoms with Crippen molar-refractivity contribution in [2.75, 3.05) is 19.6 Å². The molecule has 16 aromatic carbocycles. The number of hydrogen-bond donors (Lipinski definition) is 0. The molecular weight excluding hydrogens is 1490 g/mol. The first kappa shape index (κ1) is 82.8. The van der Waals surface area contributed by atoms with Crippen LogP contribution in [0.3, 0.4) is 0 Å². The molecule has 0 saturated heterocycles. The minimum atomic E-state index is -1.63. The molecule has 8 heteroatoms. The second kappa shape index (κ2) is 33.1. The van der Waals surface area contributed by atoms with Gasteiger partial charge in [-0.25, -0.2) is 0 Å². The second-order valence-electron chi connectivity index (χ2n) is 36.1. The van der Waals surface area contributed by atoms with Crippen LogP contribution in [0.5, 0.6) is 0 Å².